The maximum atomic E-state index is 11.1. The van der Waals surface area contributed by atoms with Gasteiger partial charge in [0, 0.05) is 12.1 Å². The number of hydrogen-bond donors (Lipinski definition) is 1. The Bertz CT molecular complexity index is 500. The van der Waals surface area contributed by atoms with E-state index in [9.17, 15) is 10.1 Å². The third-order valence-corrected chi connectivity index (χ3v) is 3.54. The second kappa shape index (κ2) is 6.19. The van der Waals surface area contributed by atoms with Gasteiger partial charge in [-0.2, -0.15) is 5.26 Å². The lowest BCUT2D eigenvalue weighted by Crippen LogP contribution is -2.19. The van der Waals surface area contributed by atoms with Gasteiger partial charge in [0.15, 0.2) is 0 Å². The highest BCUT2D eigenvalue weighted by Gasteiger charge is 2.18. The monoisotopic (exact) mass is 259 g/mol. The van der Waals surface area contributed by atoms with Crippen molar-refractivity contribution in [1.82, 2.24) is 0 Å². The first-order chi connectivity index (χ1) is 9.20. The largest absolute Gasteiger partial charge is 0.377 e. The predicted octanol–water partition coefficient (Wildman–Crippen LogP) is 3.60. The number of nitrogens with one attached hydrogen (secondary N) is 1. The smallest absolute Gasteiger partial charge is 0.293 e. The molecule has 100 valence electrons. The van der Waals surface area contributed by atoms with E-state index >= 15 is 0 Å². The van der Waals surface area contributed by atoms with Crippen molar-refractivity contribution in [3.63, 3.8) is 0 Å². The van der Waals surface area contributed by atoms with Crippen LogP contribution in [0.15, 0.2) is 18.2 Å². The molecule has 5 nitrogen and oxygen atoms in total. The summed E-state index contributed by atoms with van der Waals surface area (Å²) in [5.74, 6) is 0. The van der Waals surface area contributed by atoms with E-state index in [1.54, 1.807) is 12.1 Å². The molecular formula is C14H17N3O2. The first-order valence-electron chi connectivity index (χ1n) is 6.66. The molecule has 0 spiro atoms. The molecule has 19 heavy (non-hydrogen) atoms. The highest BCUT2D eigenvalue weighted by atomic mass is 16.6. The van der Waals surface area contributed by atoms with Crippen LogP contribution in [-0.4, -0.2) is 11.0 Å². The van der Waals surface area contributed by atoms with Crippen LogP contribution in [0.25, 0.3) is 0 Å². The van der Waals surface area contributed by atoms with Gasteiger partial charge in [0.2, 0.25) is 0 Å². The Hall–Kier alpha value is -2.09. The van der Waals surface area contributed by atoms with Crippen molar-refractivity contribution < 1.29 is 4.92 Å². The molecule has 0 unspecified atom stereocenters. The number of rotatable bonds is 3. The Labute approximate surface area is 112 Å². The summed E-state index contributed by atoms with van der Waals surface area (Å²) in [7, 11) is 0. The van der Waals surface area contributed by atoms with Crippen LogP contribution in [0.2, 0.25) is 0 Å². The summed E-state index contributed by atoms with van der Waals surface area (Å²) in [6.07, 6.45) is 6.93. The Kier molecular flexibility index (Phi) is 4.35. The van der Waals surface area contributed by atoms with Gasteiger partial charge in [-0.3, -0.25) is 10.1 Å². The molecule has 0 bridgehead atoms. The molecule has 0 heterocycles. The molecule has 1 aromatic carbocycles. The normalized spacial score (nSPS) is 16.4. The molecule has 1 N–H and O–H groups in total. The molecular weight excluding hydrogens is 242 g/mol. The average Bonchev–Trinajstić information content (AvgIpc) is 2.67. The van der Waals surface area contributed by atoms with E-state index in [0.717, 1.165) is 12.8 Å². The van der Waals surface area contributed by atoms with Crippen molar-refractivity contribution in [1.29, 1.82) is 5.26 Å². The number of hydrogen-bond acceptors (Lipinski definition) is 4. The first-order valence-corrected chi connectivity index (χ1v) is 6.66. The second-order valence-electron chi connectivity index (χ2n) is 4.93. The van der Waals surface area contributed by atoms with Crippen LogP contribution in [0, 0.1) is 21.4 Å². The van der Waals surface area contributed by atoms with Gasteiger partial charge < -0.3 is 5.32 Å². The molecule has 5 heteroatoms. The minimum absolute atomic E-state index is 0.0108. The zero-order valence-corrected chi connectivity index (χ0v) is 10.8. The number of anilines is 1. The molecule has 0 atom stereocenters. The summed E-state index contributed by atoms with van der Waals surface area (Å²) in [6.45, 7) is 0. The number of nitro benzene ring substituents is 1. The summed E-state index contributed by atoms with van der Waals surface area (Å²) in [6, 6.07) is 6.82. The highest BCUT2D eigenvalue weighted by Crippen LogP contribution is 2.28. The van der Waals surface area contributed by atoms with Gasteiger partial charge in [-0.1, -0.05) is 25.7 Å². The third-order valence-electron chi connectivity index (χ3n) is 3.54. The molecule has 0 radical (unpaired) electrons. The lowest BCUT2D eigenvalue weighted by atomic mass is 10.1. The zero-order valence-electron chi connectivity index (χ0n) is 10.8. The molecule has 1 aromatic rings. The Morgan fingerprint density at radius 1 is 1.26 bits per heavy atom. The summed E-state index contributed by atoms with van der Waals surface area (Å²) in [5, 5.41) is 23.1. The average molecular weight is 259 g/mol. The minimum atomic E-state index is -0.431. The maximum absolute atomic E-state index is 11.1. The summed E-state index contributed by atoms with van der Waals surface area (Å²) >= 11 is 0. The SMILES string of the molecule is N#Cc1ccc(NC2CCCCCC2)c([N+](=O)[O-])c1. The van der Waals surface area contributed by atoms with E-state index in [2.05, 4.69) is 5.32 Å². The van der Waals surface area contributed by atoms with E-state index in [1.807, 2.05) is 6.07 Å². The van der Waals surface area contributed by atoms with Crippen LogP contribution in [0.4, 0.5) is 11.4 Å². The van der Waals surface area contributed by atoms with Gasteiger partial charge in [-0.05, 0) is 25.0 Å². The van der Waals surface area contributed by atoms with Gasteiger partial charge in [-0.25, -0.2) is 0 Å². The molecule has 0 aromatic heterocycles. The maximum Gasteiger partial charge on any atom is 0.293 e. The van der Waals surface area contributed by atoms with E-state index in [1.165, 1.54) is 31.7 Å². The third kappa shape index (κ3) is 3.44. The lowest BCUT2D eigenvalue weighted by Gasteiger charge is -2.17. The van der Waals surface area contributed by atoms with Crippen molar-refractivity contribution >= 4 is 11.4 Å². The van der Waals surface area contributed by atoms with Gasteiger partial charge >= 0.3 is 0 Å². The van der Waals surface area contributed by atoms with Gasteiger partial charge in [0.25, 0.3) is 5.69 Å². The Morgan fingerprint density at radius 2 is 1.95 bits per heavy atom. The van der Waals surface area contributed by atoms with E-state index in [0.29, 0.717) is 17.3 Å². The number of benzene rings is 1. The van der Waals surface area contributed by atoms with Crippen molar-refractivity contribution in [2.24, 2.45) is 0 Å². The molecule has 1 saturated carbocycles. The Balaban J connectivity index is 2.19. The fraction of sp³-hybridized carbons (Fsp3) is 0.500. The summed E-state index contributed by atoms with van der Waals surface area (Å²) in [4.78, 5) is 10.6. The van der Waals surface area contributed by atoms with Crippen LogP contribution in [0.1, 0.15) is 44.1 Å². The van der Waals surface area contributed by atoms with Crippen molar-refractivity contribution in [3.8, 4) is 6.07 Å². The van der Waals surface area contributed by atoms with E-state index in [4.69, 9.17) is 5.26 Å². The van der Waals surface area contributed by atoms with Crippen LogP contribution >= 0.6 is 0 Å². The van der Waals surface area contributed by atoms with E-state index in [-0.39, 0.29) is 5.69 Å². The standard InChI is InChI=1S/C14H17N3O2/c15-10-11-7-8-13(14(9-11)17(18)19)16-12-5-3-1-2-4-6-12/h7-9,12,16H,1-6H2. The fourth-order valence-corrected chi connectivity index (χ4v) is 2.52. The molecule has 1 fully saturated rings. The van der Waals surface area contributed by atoms with Gasteiger partial charge in [0.05, 0.1) is 16.6 Å². The van der Waals surface area contributed by atoms with Crippen LogP contribution in [0.3, 0.4) is 0 Å². The van der Waals surface area contributed by atoms with E-state index < -0.39 is 4.92 Å². The van der Waals surface area contributed by atoms with Crippen molar-refractivity contribution in [3.05, 3.63) is 33.9 Å². The van der Waals surface area contributed by atoms with Gasteiger partial charge in [-0.15, -0.1) is 0 Å². The number of nitro groups is 1. The van der Waals surface area contributed by atoms with Crippen LogP contribution in [0.5, 0.6) is 0 Å². The summed E-state index contributed by atoms with van der Waals surface area (Å²) in [5.41, 5.74) is 0.831. The molecule has 2 rings (SSSR count). The number of nitrogens with zero attached hydrogens (tertiary/aromatic N) is 2. The zero-order chi connectivity index (χ0) is 13.7. The summed E-state index contributed by atoms with van der Waals surface area (Å²) < 4.78 is 0. The number of nitriles is 1. The van der Waals surface area contributed by atoms with Crippen molar-refractivity contribution in [2.75, 3.05) is 5.32 Å². The lowest BCUT2D eigenvalue weighted by molar-refractivity contribution is -0.384. The first kappa shape index (κ1) is 13.3. The predicted molar refractivity (Wildman–Crippen MR) is 72.9 cm³/mol. The topological polar surface area (TPSA) is 79.0 Å². The minimum Gasteiger partial charge on any atom is -0.377 e. The molecule has 1 aliphatic rings. The molecule has 1 aliphatic carbocycles. The van der Waals surface area contributed by atoms with Crippen molar-refractivity contribution in [2.45, 2.75) is 44.6 Å². The highest BCUT2D eigenvalue weighted by molar-refractivity contribution is 5.64. The molecule has 0 amide bonds. The van der Waals surface area contributed by atoms with Gasteiger partial charge in [0.1, 0.15) is 5.69 Å². The second-order valence-corrected chi connectivity index (χ2v) is 4.93. The molecule has 0 aliphatic heterocycles. The molecule has 0 saturated heterocycles. The fourth-order valence-electron chi connectivity index (χ4n) is 2.52. The van der Waals surface area contributed by atoms with Crippen LogP contribution < -0.4 is 5.32 Å². The Morgan fingerprint density at radius 3 is 2.53 bits per heavy atom. The quantitative estimate of drug-likeness (QED) is 0.511. The van der Waals surface area contributed by atoms with Crippen LogP contribution in [-0.2, 0) is 0 Å².